The van der Waals surface area contributed by atoms with Crippen molar-refractivity contribution in [1.29, 1.82) is 0 Å². The number of hydrogen-bond acceptors (Lipinski definition) is 6. The quantitative estimate of drug-likeness (QED) is 0.243. The van der Waals surface area contributed by atoms with Gasteiger partial charge in [-0.05, 0) is 86.3 Å². The molecule has 0 radical (unpaired) electrons. The van der Waals surface area contributed by atoms with Crippen LogP contribution in [-0.4, -0.2) is 23.4 Å². The first-order chi connectivity index (χ1) is 14.4. The van der Waals surface area contributed by atoms with E-state index < -0.39 is 0 Å². The number of nitrogens with zero attached hydrogens (tertiary/aromatic N) is 2. The Morgan fingerprint density at radius 2 is 1.00 bits per heavy atom. The largest absolute Gasteiger partial charge is 0.427 e. The second kappa shape index (κ2) is 11.7. The van der Waals surface area contributed by atoms with Crippen LogP contribution >= 0.6 is 0 Å². The molecular weight excluding hydrogens is 380 g/mol. The Morgan fingerprint density at radius 1 is 0.667 bits per heavy atom. The predicted molar refractivity (Wildman–Crippen MR) is 118 cm³/mol. The standard InChI is InChI=1S/C24H28N2O4/c1-5-7-23(27)29-21-13-9-19(10-14-21)17(3)25-26-18(4)20-11-15-22(16-12-20)30-24(28)8-6-2/h9-16H,5-8H2,1-4H3/b25-17+,26-18+. The molecule has 0 heterocycles. The van der Waals surface area contributed by atoms with Crippen molar-refractivity contribution in [3.8, 4) is 11.5 Å². The lowest BCUT2D eigenvalue weighted by Crippen LogP contribution is -2.07. The van der Waals surface area contributed by atoms with Crippen LogP contribution in [0.15, 0.2) is 58.7 Å². The van der Waals surface area contributed by atoms with E-state index >= 15 is 0 Å². The molecular formula is C24H28N2O4. The molecule has 0 aliphatic carbocycles. The highest BCUT2D eigenvalue weighted by molar-refractivity contribution is 6.01. The van der Waals surface area contributed by atoms with Gasteiger partial charge in [-0.25, -0.2) is 0 Å². The maximum absolute atomic E-state index is 11.6. The van der Waals surface area contributed by atoms with Gasteiger partial charge >= 0.3 is 11.9 Å². The first-order valence-corrected chi connectivity index (χ1v) is 10.1. The number of rotatable bonds is 9. The Hall–Kier alpha value is -3.28. The van der Waals surface area contributed by atoms with Crippen LogP contribution in [0.1, 0.15) is 64.5 Å². The molecule has 0 aliphatic rings. The number of benzene rings is 2. The highest BCUT2D eigenvalue weighted by atomic mass is 16.5. The summed E-state index contributed by atoms with van der Waals surface area (Å²) >= 11 is 0. The SMILES string of the molecule is CCCC(=O)Oc1ccc(/C(C)=N/N=C(\C)c2ccc(OC(=O)CCC)cc2)cc1. The molecule has 0 saturated heterocycles. The number of esters is 2. The molecule has 30 heavy (non-hydrogen) atoms. The summed E-state index contributed by atoms with van der Waals surface area (Å²) in [5.74, 6) is 0.567. The summed E-state index contributed by atoms with van der Waals surface area (Å²) in [6.45, 7) is 7.60. The summed E-state index contributed by atoms with van der Waals surface area (Å²) in [7, 11) is 0. The molecule has 0 atom stereocenters. The lowest BCUT2D eigenvalue weighted by atomic mass is 10.1. The summed E-state index contributed by atoms with van der Waals surface area (Å²) in [6, 6.07) is 14.4. The first-order valence-electron chi connectivity index (χ1n) is 10.1. The fourth-order valence-corrected chi connectivity index (χ4v) is 2.57. The lowest BCUT2D eigenvalue weighted by molar-refractivity contribution is -0.135. The molecule has 0 aliphatic heterocycles. The summed E-state index contributed by atoms with van der Waals surface area (Å²) in [5, 5.41) is 8.59. The van der Waals surface area contributed by atoms with Gasteiger partial charge in [-0.15, -0.1) is 0 Å². The molecule has 0 saturated carbocycles. The molecule has 2 aromatic rings. The fourth-order valence-electron chi connectivity index (χ4n) is 2.57. The van der Waals surface area contributed by atoms with Gasteiger partial charge in [0, 0.05) is 12.8 Å². The summed E-state index contributed by atoms with van der Waals surface area (Å²) in [5.41, 5.74) is 3.26. The van der Waals surface area contributed by atoms with Crippen molar-refractivity contribution in [2.24, 2.45) is 10.2 Å². The fraction of sp³-hybridized carbons (Fsp3) is 0.333. The van der Waals surface area contributed by atoms with Crippen LogP contribution in [0.5, 0.6) is 11.5 Å². The Morgan fingerprint density at radius 3 is 1.30 bits per heavy atom. The van der Waals surface area contributed by atoms with Gasteiger partial charge in [0.2, 0.25) is 0 Å². The molecule has 0 spiro atoms. The van der Waals surface area contributed by atoms with Gasteiger partial charge in [-0.3, -0.25) is 9.59 Å². The zero-order valence-electron chi connectivity index (χ0n) is 18.0. The van der Waals surface area contributed by atoms with E-state index in [9.17, 15) is 9.59 Å². The van der Waals surface area contributed by atoms with Crippen LogP contribution in [0.4, 0.5) is 0 Å². The lowest BCUT2D eigenvalue weighted by Gasteiger charge is -2.05. The van der Waals surface area contributed by atoms with Crippen molar-refractivity contribution in [2.45, 2.75) is 53.4 Å². The van der Waals surface area contributed by atoms with Gasteiger partial charge in [0.15, 0.2) is 0 Å². The van der Waals surface area contributed by atoms with Gasteiger partial charge in [-0.2, -0.15) is 10.2 Å². The smallest absolute Gasteiger partial charge is 0.311 e. The summed E-state index contributed by atoms with van der Waals surface area (Å²) in [6.07, 6.45) is 2.32. The maximum Gasteiger partial charge on any atom is 0.311 e. The van der Waals surface area contributed by atoms with Crippen LogP contribution in [0.25, 0.3) is 0 Å². The molecule has 6 heteroatoms. The second-order valence-corrected chi connectivity index (χ2v) is 6.87. The molecule has 0 bridgehead atoms. The van der Waals surface area contributed by atoms with Crippen molar-refractivity contribution in [1.82, 2.24) is 0 Å². The number of carbonyl (C=O) groups excluding carboxylic acids is 2. The van der Waals surface area contributed by atoms with E-state index in [1.807, 2.05) is 52.0 Å². The van der Waals surface area contributed by atoms with Gasteiger partial charge in [0.25, 0.3) is 0 Å². The van der Waals surface area contributed by atoms with E-state index in [1.54, 1.807) is 24.3 Å². The third kappa shape index (κ3) is 7.28. The van der Waals surface area contributed by atoms with E-state index in [0.717, 1.165) is 35.4 Å². The third-order valence-corrected chi connectivity index (χ3v) is 4.27. The summed E-state index contributed by atoms with van der Waals surface area (Å²) < 4.78 is 10.5. The van der Waals surface area contributed by atoms with Gasteiger partial charge in [0.05, 0.1) is 11.4 Å². The third-order valence-electron chi connectivity index (χ3n) is 4.27. The van der Waals surface area contributed by atoms with Crippen molar-refractivity contribution >= 4 is 23.4 Å². The highest BCUT2D eigenvalue weighted by Gasteiger charge is 2.06. The molecule has 0 amide bonds. The molecule has 0 N–H and O–H groups in total. The Kier molecular flexibility index (Phi) is 8.94. The topological polar surface area (TPSA) is 77.3 Å². The minimum atomic E-state index is -0.234. The van der Waals surface area contributed by atoms with E-state index in [0.29, 0.717) is 24.3 Å². The minimum Gasteiger partial charge on any atom is -0.427 e. The molecule has 0 unspecified atom stereocenters. The van der Waals surface area contributed by atoms with Crippen LogP contribution in [0.3, 0.4) is 0 Å². The van der Waals surface area contributed by atoms with E-state index in [1.165, 1.54) is 0 Å². The van der Waals surface area contributed by atoms with Gasteiger partial charge in [0.1, 0.15) is 11.5 Å². The Bertz CT molecular complexity index is 836. The highest BCUT2D eigenvalue weighted by Crippen LogP contribution is 2.16. The van der Waals surface area contributed by atoms with E-state index in [-0.39, 0.29) is 11.9 Å². The second-order valence-electron chi connectivity index (χ2n) is 6.87. The number of carbonyl (C=O) groups is 2. The van der Waals surface area contributed by atoms with Crippen LogP contribution in [-0.2, 0) is 9.59 Å². The minimum absolute atomic E-state index is 0.234. The van der Waals surface area contributed by atoms with Crippen LogP contribution in [0, 0.1) is 0 Å². The zero-order valence-corrected chi connectivity index (χ0v) is 18.0. The average Bonchev–Trinajstić information content (AvgIpc) is 2.73. The number of hydrogen-bond donors (Lipinski definition) is 0. The van der Waals surface area contributed by atoms with Crippen molar-refractivity contribution in [3.63, 3.8) is 0 Å². The average molecular weight is 408 g/mol. The zero-order chi connectivity index (χ0) is 21.9. The van der Waals surface area contributed by atoms with Crippen molar-refractivity contribution in [3.05, 3.63) is 59.7 Å². The Balaban J connectivity index is 2.02. The van der Waals surface area contributed by atoms with Crippen molar-refractivity contribution in [2.75, 3.05) is 0 Å². The van der Waals surface area contributed by atoms with E-state index in [2.05, 4.69) is 10.2 Å². The molecule has 0 aromatic heterocycles. The maximum atomic E-state index is 11.6. The molecule has 6 nitrogen and oxygen atoms in total. The molecule has 2 rings (SSSR count). The van der Waals surface area contributed by atoms with Gasteiger partial charge < -0.3 is 9.47 Å². The Labute approximate surface area is 177 Å². The van der Waals surface area contributed by atoms with Crippen LogP contribution in [0.2, 0.25) is 0 Å². The van der Waals surface area contributed by atoms with E-state index in [4.69, 9.17) is 9.47 Å². The monoisotopic (exact) mass is 408 g/mol. The first kappa shape index (κ1) is 23.0. The summed E-state index contributed by atoms with van der Waals surface area (Å²) in [4.78, 5) is 23.1. The normalized spacial score (nSPS) is 11.9. The van der Waals surface area contributed by atoms with Crippen LogP contribution < -0.4 is 9.47 Å². The molecule has 0 fully saturated rings. The molecule has 158 valence electrons. The van der Waals surface area contributed by atoms with Gasteiger partial charge in [-0.1, -0.05) is 13.8 Å². The van der Waals surface area contributed by atoms with Crippen molar-refractivity contribution < 1.29 is 19.1 Å². The molecule has 2 aromatic carbocycles. The number of ether oxygens (including phenoxy) is 2. The predicted octanol–water partition coefficient (Wildman–Crippen LogP) is 5.33.